The number of halogens is 1. The molecule has 3 nitrogen and oxygen atoms in total. The van der Waals surface area contributed by atoms with Crippen molar-refractivity contribution in [3.8, 4) is 0 Å². The number of aromatic nitrogens is 1. The maximum Gasteiger partial charge on any atom is 0.134 e. The highest BCUT2D eigenvalue weighted by Crippen LogP contribution is 2.27. The van der Waals surface area contributed by atoms with E-state index in [1.807, 2.05) is 24.4 Å². The van der Waals surface area contributed by atoms with Gasteiger partial charge in [-0.3, -0.25) is 0 Å². The van der Waals surface area contributed by atoms with Gasteiger partial charge in [-0.25, -0.2) is 4.98 Å². The largest absolute Gasteiger partial charge is 0.367 e. The van der Waals surface area contributed by atoms with Crippen LogP contribution >= 0.6 is 11.6 Å². The fraction of sp³-hybridized carbons (Fsp3) is 0.500. The molecule has 0 saturated heterocycles. The zero-order chi connectivity index (χ0) is 15.9. The van der Waals surface area contributed by atoms with Gasteiger partial charge in [-0.15, -0.1) is 0 Å². The van der Waals surface area contributed by atoms with Crippen molar-refractivity contribution in [3.63, 3.8) is 0 Å². The SMILES string of the molecule is CCN(CC)CCC[C@H](C)Nc1nccc2c(Cl)cccc12. The van der Waals surface area contributed by atoms with Gasteiger partial charge < -0.3 is 10.2 Å². The first kappa shape index (κ1) is 17.0. The Bertz CT molecular complexity index is 596. The number of benzene rings is 1. The van der Waals surface area contributed by atoms with Crippen molar-refractivity contribution in [2.24, 2.45) is 0 Å². The third kappa shape index (κ3) is 4.34. The second kappa shape index (κ2) is 8.35. The third-order valence-corrected chi connectivity index (χ3v) is 4.47. The van der Waals surface area contributed by atoms with Crippen molar-refractivity contribution in [1.29, 1.82) is 0 Å². The highest BCUT2D eigenvalue weighted by Gasteiger charge is 2.08. The molecule has 0 bridgehead atoms. The first-order valence-corrected chi connectivity index (χ1v) is 8.55. The minimum Gasteiger partial charge on any atom is -0.367 e. The Morgan fingerprint density at radius 2 is 1.95 bits per heavy atom. The summed E-state index contributed by atoms with van der Waals surface area (Å²) >= 11 is 6.25. The van der Waals surface area contributed by atoms with Crippen LogP contribution in [0.5, 0.6) is 0 Å². The number of rotatable bonds is 8. The fourth-order valence-electron chi connectivity index (χ4n) is 2.75. The Morgan fingerprint density at radius 3 is 2.68 bits per heavy atom. The normalized spacial score (nSPS) is 12.8. The molecule has 0 radical (unpaired) electrons. The van der Waals surface area contributed by atoms with Crippen LogP contribution in [0.1, 0.15) is 33.6 Å². The summed E-state index contributed by atoms with van der Waals surface area (Å²) in [5.74, 6) is 0.926. The Morgan fingerprint density at radius 1 is 1.18 bits per heavy atom. The summed E-state index contributed by atoms with van der Waals surface area (Å²) in [6, 6.07) is 8.32. The molecule has 0 aliphatic carbocycles. The van der Waals surface area contributed by atoms with Crippen molar-refractivity contribution in [2.75, 3.05) is 25.0 Å². The van der Waals surface area contributed by atoms with Gasteiger partial charge in [0.05, 0.1) is 0 Å². The molecule has 1 atom stereocenters. The smallest absolute Gasteiger partial charge is 0.134 e. The van der Waals surface area contributed by atoms with Crippen LogP contribution in [-0.4, -0.2) is 35.6 Å². The predicted octanol–water partition coefficient (Wildman–Crippen LogP) is 4.81. The number of hydrogen-bond donors (Lipinski definition) is 1. The Hall–Kier alpha value is -1.32. The molecule has 1 N–H and O–H groups in total. The van der Waals surface area contributed by atoms with E-state index in [2.05, 4.69) is 42.0 Å². The molecule has 0 aliphatic heterocycles. The molecular formula is C18H26ClN3. The van der Waals surface area contributed by atoms with E-state index in [9.17, 15) is 0 Å². The van der Waals surface area contributed by atoms with E-state index < -0.39 is 0 Å². The number of nitrogens with zero attached hydrogens (tertiary/aromatic N) is 2. The molecule has 1 aromatic carbocycles. The lowest BCUT2D eigenvalue weighted by molar-refractivity contribution is 0.295. The predicted molar refractivity (Wildman–Crippen MR) is 96.9 cm³/mol. The molecule has 1 heterocycles. The summed E-state index contributed by atoms with van der Waals surface area (Å²) < 4.78 is 0. The van der Waals surface area contributed by atoms with Crippen molar-refractivity contribution < 1.29 is 0 Å². The Kier molecular flexibility index (Phi) is 6.47. The van der Waals surface area contributed by atoms with Crippen LogP contribution in [0.25, 0.3) is 10.8 Å². The first-order chi connectivity index (χ1) is 10.7. The van der Waals surface area contributed by atoms with Gasteiger partial charge >= 0.3 is 0 Å². The van der Waals surface area contributed by atoms with E-state index in [0.29, 0.717) is 6.04 Å². The second-order valence-electron chi connectivity index (χ2n) is 5.71. The van der Waals surface area contributed by atoms with Crippen LogP contribution in [0.4, 0.5) is 5.82 Å². The quantitative estimate of drug-likeness (QED) is 0.756. The maximum atomic E-state index is 6.25. The van der Waals surface area contributed by atoms with Crippen LogP contribution in [-0.2, 0) is 0 Å². The molecule has 1 aromatic heterocycles. The van der Waals surface area contributed by atoms with Gasteiger partial charge in [0.2, 0.25) is 0 Å². The van der Waals surface area contributed by atoms with E-state index in [1.165, 1.54) is 6.42 Å². The standard InChI is InChI=1S/C18H26ClN3/c1-4-22(5-2)13-7-8-14(3)21-18-16-9-6-10-17(19)15(16)11-12-20-18/h6,9-12,14H,4-5,7-8,13H2,1-3H3,(H,20,21)/t14-/m0/s1. The fourth-order valence-corrected chi connectivity index (χ4v) is 2.99. The molecule has 0 fully saturated rings. The van der Waals surface area contributed by atoms with Crippen molar-refractivity contribution in [3.05, 3.63) is 35.5 Å². The van der Waals surface area contributed by atoms with Crippen LogP contribution in [0.2, 0.25) is 5.02 Å². The van der Waals surface area contributed by atoms with Gasteiger partial charge in [0.25, 0.3) is 0 Å². The second-order valence-corrected chi connectivity index (χ2v) is 6.12. The summed E-state index contributed by atoms with van der Waals surface area (Å²) in [5, 5.41) is 6.45. The van der Waals surface area contributed by atoms with Crippen molar-refractivity contribution in [1.82, 2.24) is 9.88 Å². The van der Waals surface area contributed by atoms with Gasteiger partial charge in [-0.1, -0.05) is 37.6 Å². The number of anilines is 1. The monoisotopic (exact) mass is 319 g/mol. The molecule has 0 amide bonds. The number of nitrogens with one attached hydrogen (secondary N) is 1. The lowest BCUT2D eigenvalue weighted by Crippen LogP contribution is -2.25. The summed E-state index contributed by atoms with van der Waals surface area (Å²) in [6.45, 7) is 10.1. The lowest BCUT2D eigenvalue weighted by atomic mass is 10.1. The van der Waals surface area contributed by atoms with E-state index in [0.717, 1.165) is 47.7 Å². The average Bonchev–Trinajstić information content (AvgIpc) is 2.53. The van der Waals surface area contributed by atoms with Gasteiger partial charge in [0.1, 0.15) is 5.82 Å². The molecule has 4 heteroatoms. The van der Waals surface area contributed by atoms with Gasteiger partial charge in [0, 0.05) is 28.0 Å². The highest BCUT2D eigenvalue weighted by molar-refractivity contribution is 6.35. The van der Waals surface area contributed by atoms with E-state index >= 15 is 0 Å². The zero-order valence-corrected chi connectivity index (χ0v) is 14.5. The van der Waals surface area contributed by atoms with Crippen LogP contribution in [0, 0.1) is 0 Å². The summed E-state index contributed by atoms with van der Waals surface area (Å²) in [7, 11) is 0. The number of hydrogen-bond acceptors (Lipinski definition) is 3. The van der Waals surface area contributed by atoms with E-state index in [-0.39, 0.29) is 0 Å². The van der Waals surface area contributed by atoms with E-state index in [4.69, 9.17) is 11.6 Å². The molecule has 0 saturated carbocycles. The van der Waals surface area contributed by atoms with Crippen molar-refractivity contribution >= 4 is 28.2 Å². The molecule has 0 spiro atoms. The van der Waals surface area contributed by atoms with Gasteiger partial charge in [0.15, 0.2) is 0 Å². The van der Waals surface area contributed by atoms with Crippen LogP contribution < -0.4 is 5.32 Å². The maximum absolute atomic E-state index is 6.25. The molecule has 0 aliphatic rings. The molecule has 2 aromatic rings. The van der Waals surface area contributed by atoms with E-state index in [1.54, 1.807) is 0 Å². The molecule has 120 valence electrons. The lowest BCUT2D eigenvalue weighted by Gasteiger charge is -2.20. The molecule has 2 rings (SSSR count). The zero-order valence-electron chi connectivity index (χ0n) is 13.8. The number of pyridine rings is 1. The van der Waals surface area contributed by atoms with Crippen molar-refractivity contribution in [2.45, 2.75) is 39.7 Å². The minimum absolute atomic E-state index is 0.396. The van der Waals surface area contributed by atoms with Gasteiger partial charge in [-0.2, -0.15) is 0 Å². The highest BCUT2D eigenvalue weighted by atomic mass is 35.5. The molecular weight excluding hydrogens is 294 g/mol. The summed E-state index contributed by atoms with van der Waals surface area (Å²) in [5.41, 5.74) is 0. The molecule has 0 unspecified atom stereocenters. The Labute approximate surface area is 138 Å². The van der Waals surface area contributed by atoms with Gasteiger partial charge in [-0.05, 0) is 51.5 Å². The molecule has 22 heavy (non-hydrogen) atoms. The Balaban J connectivity index is 1.97. The topological polar surface area (TPSA) is 28.2 Å². The minimum atomic E-state index is 0.396. The number of fused-ring (bicyclic) bond motifs is 1. The van der Waals surface area contributed by atoms with Crippen LogP contribution in [0.15, 0.2) is 30.5 Å². The summed E-state index contributed by atoms with van der Waals surface area (Å²) in [6.07, 6.45) is 4.15. The first-order valence-electron chi connectivity index (χ1n) is 8.17. The summed E-state index contributed by atoms with van der Waals surface area (Å²) in [4.78, 5) is 6.94. The third-order valence-electron chi connectivity index (χ3n) is 4.14. The average molecular weight is 320 g/mol. The van der Waals surface area contributed by atoms with Crippen LogP contribution in [0.3, 0.4) is 0 Å².